The highest BCUT2D eigenvalue weighted by molar-refractivity contribution is 5.81. The summed E-state index contributed by atoms with van der Waals surface area (Å²) in [5, 5.41) is 4.29. The van der Waals surface area contributed by atoms with Gasteiger partial charge in [0.15, 0.2) is 0 Å². The minimum Gasteiger partial charge on any atom is -0.362 e. The van der Waals surface area contributed by atoms with Crippen LogP contribution in [0.2, 0.25) is 0 Å². The molecule has 1 fully saturated rings. The van der Waals surface area contributed by atoms with Gasteiger partial charge in [0, 0.05) is 50.2 Å². The van der Waals surface area contributed by atoms with Crippen molar-refractivity contribution < 1.29 is 4.79 Å². The molecule has 1 aliphatic rings. The smallest absolute Gasteiger partial charge is 0.254 e. The van der Waals surface area contributed by atoms with Crippen molar-refractivity contribution in [1.82, 2.24) is 24.5 Å². The Labute approximate surface area is 164 Å². The molecule has 3 heterocycles. The Morgan fingerprint density at radius 1 is 1.14 bits per heavy atom. The molecule has 0 radical (unpaired) electrons. The summed E-state index contributed by atoms with van der Waals surface area (Å²) in [5.74, 6) is 1.75. The molecule has 4 rings (SSSR count). The van der Waals surface area contributed by atoms with Gasteiger partial charge in [-0.05, 0) is 26.0 Å². The standard InChI is InChI=1S/C20H25N7O/c1-3-24(17-7-5-4-6-8-17)14-19(28)26-11-9-25(10-12-26)18-13-16(2)23-20-21-15-22-27(18)20/h4-8,13,15H,3,9-12,14H2,1-2H3. The number of fused-ring (bicyclic) bond motifs is 1. The van der Waals surface area contributed by atoms with Gasteiger partial charge in [0.05, 0.1) is 6.54 Å². The van der Waals surface area contributed by atoms with Gasteiger partial charge in [-0.15, -0.1) is 0 Å². The van der Waals surface area contributed by atoms with Gasteiger partial charge in [0.25, 0.3) is 5.78 Å². The van der Waals surface area contributed by atoms with Crippen LogP contribution in [0.3, 0.4) is 0 Å². The Morgan fingerprint density at radius 3 is 2.61 bits per heavy atom. The maximum absolute atomic E-state index is 12.8. The zero-order valence-corrected chi connectivity index (χ0v) is 16.3. The second-order valence-corrected chi connectivity index (χ2v) is 6.95. The van der Waals surface area contributed by atoms with Crippen molar-refractivity contribution in [3.05, 3.63) is 48.4 Å². The van der Waals surface area contributed by atoms with E-state index in [9.17, 15) is 4.79 Å². The summed E-state index contributed by atoms with van der Waals surface area (Å²) >= 11 is 0. The maximum Gasteiger partial charge on any atom is 0.254 e. The Morgan fingerprint density at radius 2 is 1.89 bits per heavy atom. The topological polar surface area (TPSA) is 69.9 Å². The number of hydrogen-bond donors (Lipinski definition) is 0. The molecule has 8 nitrogen and oxygen atoms in total. The average molecular weight is 379 g/mol. The van der Waals surface area contributed by atoms with Crippen LogP contribution in [0.1, 0.15) is 12.6 Å². The number of carbonyl (C=O) groups excluding carboxylic acids is 1. The fourth-order valence-electron chi connectivity index (χ4n) is 3.61. The van der Waals surface area contributed by atoms with Gasteiger partial charge < -0.3 is 14.7 Å². The minimum atomic E-state index is 0.169. The number of rotatable bonds is 5. The molecule has 1 amide bonds. The molecule has 1 aliphatic heterocycles. The summed E-state index contributed by atoms with van der Waals surface area (Å²) in [6.07, 6.45) is 1.52. The number of likely N-dealkylation sites (N-methyl/N-ethyl adjacent to an activating group) is 1. The van der Waals surface area contributed by atoms with E-state index in [0.717, 1.165) is 36.8 Å². The minimum absolute atomic E-state index is 0.169. The van der Waals surface area contributed by atoms with Crippen LogP contribution in [0.15, 0.2) is 42.7 Å². The summed E-state index contributed by atoms with van der Waals surface area (Å²) in [4.78, 5) is 27.7. The largest absolute Gasteiger partial charge is 0.362 e. The third-order valence-corrected chi connectivity index (χ3v) is 5.15. The Bertz CT molecular complexity index is 948. The summed E-state index contributed by atoms with van der Waals surface area (Å²) in [6.45, 7) is 8.17. The molecule has 3 aromatic rings. The van der Waals surface area contributed by atoms with E-state index in [-0.39, 0.29) is 5.91 Å². The molecule has 0 unspecified atom stereocenters. The second kappa shape index (κ2) is 7.84. The highest BCUT2D eigenvalue weighted by Gasteiger charge is 2.24. The van der Waals surface area contributed by atoms with Gasteiger partial charge in [-0.3, -0.25) is 4.79 Å². The molecule has 1 saturated heterocycles. The van der Waals surface area contributed by atoms with Crippen LogP contribution in [-0.4, -0.2) is 69.7 Å². The Hall–Kier alpha value is -3.16. The van der Waals surface area contributed by atoms with E-state index in [2.05, 4.69) is 31.8 Å². The molecule has 1 aromatic carbocycles. The molecule has 28 heavy (non-hydrogen) atoms. The highest BCUT2D eigenvalue weighted by atomic mass is 16.2. The lowest BCUT2D eigenvalue weighted by Gasteiger charge is -2.37. The first-order chi connectivity index (χ1) is 13.7. The molecule has 0 bridgehead atoms. The van der Waals surface area contributed by atoms with E-state index < -0.39 is 0 Å². The van der Waals surface area contributed by atoms with Crippen LogP contribution >= 0.6 is 0 Å². The van der Waals surface area contributed by atoms with Crippen molar-refractivity contribution in [3.63, 3.8) is 0 Å². The molecule has 0 aliphatic carbocycles. The highest BCUT2D eigenvalue weighted by Crippen LogP contribution is 2.18. The Balaban J connectivity index is 1.41. The molecular weight excluding hydrogens is 354 g/mol. The first kappa shape index (κ1) is 18.2. The number of piperazine rings is 1. The lowest BCUT2D eigenvalue weighted by Crippen LogP contribution is -2.51. The van der Waals surface area contributed by atoms with Crippen molar-refractivity contribution >= 4 is 23.2 Å². The number of anilines is 2. The number of nitrogens with zero attached hydrogens (tertiary/aromatic N) is 7. The van der Waals surface area contributed by atoms with E-state index in [1.807, 2.05) is 48.2 Å². The van der Waals surface area contributed by atoms with E-state index in [4.69, 9.17) is 0 Å². The van der Waals surface area contributed by atoms with Gasteiger partial charge in [0.2, 0.25) is 5.91 Å². The van der Waals surface area contributed by atoms with Gasteiger partial charge in [-0.1, -0.05) is 18.2 Å². The lowest BCUT2D eigenvalue weighted by molar-refractivity contribution is -0.130. The van der Waals surface area contributed by atoms with E-state index in [1.54, 1.807) is 4.52 Å². The molecule has 146 valence electrons. The first-order valence-electron chi connectivity index (χ1n) is 9.66. The third-order valence-electron chi connectivity index (χ3n) is 5.15. The zero-order chi connectivity index (χ0) is 19.5. The van der Waals surface area contributed by atoms with Crippen LogP contribution in [0.25, 0.3) is 5.78 Å². The number of benzene rings is 1. The van der Waals surface area contributed by atoms with Gasteiger partial charge in [-0.2, -0.15) is 14.6 Å². The zero-order valence-electron chi connectivity index (χ0n) is 16.3. The maximum atomic E-state index is 12.8. The molecule has 0 spiro atoms. The molecule has 0 N–H and O–H groups in total. The van der Waals surface area contributed by atoms with Crippen LogP contribution in [0.4, 0.5) is 11.5 Å². The normalized spacial score (nSPS) is 14.5. The summed E-state index contributed by atoms with van der Waals surface area (Å²) in [7, 11) is 0. The van der Waals surface area contributed by atoms with Crippen molar-refractivity contribution in [2.75, 3.05) is 49.1 Å². The molecule has 2 aromatic heterocycles. The monoisotopic (exact) mass is 379 g/mol. The summed E-state index contributed by atoms with van der Waals surface area (Å²) in [5.41, 5.74) is 1.99. The van der Waals surface area contributed by atoms with E-state index in [1.165, 1.54) is 6.33 Å². The van der Waals surface area contributed by atoms with Crippen LogP contribution in [0.5, 0.6) is 0 Å². The molecule has 8 heteroatoms. The summed E-state index contributed by atoms with van der Waals surface area (Å²) < 4.78 is 1.76. The molecule has 0 atom stereocenters. The van der Waals surface area contributed by atoms with Gasteiger partial charge in [0.1, 0.15) is 12.1 Å². The van der Waals surface area contributed by atoms with Crippen LogP contribution in [0, 0.1) is 6.92 Å². The number of amides is 1. The lowest BCUT2D eigenvalue weighted by atomic mass is 10.2. The van der Waals surface area contributed by atoms with E-state index in [0.29, 0.717) is 25.4 Å². The Kier molecular flexibility index (Phi) is 5.10. The quantitative estimate of drug-likeness (QED) is 0.671. The third kappa shape index (κ3) is 3.62. The predicted molar refractivity (Wildman–Crippen MR) is 109 cm³/mol. The van der Waals surface area contributed by atoms with Crippen LogP contribution < -0.4 is 9.80 Å². The van der Waals surface area contributed by atoms with E-state index >= 15 is 0 Å². The number of carbonyl (C=O) groups is 1. The fraction of sp³-hybridized carbons (Fsp3) is 0.400. The summed E-state index contributed by atoms with van der Waals surface area (Å²) in [6, 6.07) is 12.1. The molecule has 0 saturated carbocycles. The van der Waals surface area contributed by atoms with Gasteiger partial charge >= 0.3 is 0 Å². The van der Waals surface area contributed by atoms with Gasteiger partial charge in [-0.25, -0.2) is 4.98 Å². The van der Waals surface area contributed by atoms with Crippen LogP contribution in [-0.2, 0) is 4.79 Å². The second-order valence-electron chi connectivity index (χ2n) is 6.95. The van der Waals surface area contributed by atoms with Crippen molar-refractivity contribution in [1.29, 1.82) is 0 Å². The fourth-order valence-corrected chi connectivity index (χ4v) is 3.61. The number of aryl methyl sites for hydroxylation is 1. The predicted octanol–water partition coefficient (Wildman–Crippen LogP) is 1.61. The number of hydrogen-bond acceptors (Lipinski definition) is 6. The average Bonchev–Trinajstić information content (AvgIpc) is 3.20. The van der Waals surface area contributed by atoms with Crippen molar-refractivity contribution in [2.45, 2.75) is 13.8 Å². The van der Waals surface area contributed by atoms with Crippen molar-refractivity contribution in [3.8, 4) is 0 Å². The SMILES string of the molecule is CCN(CC(=O)N1CCN(c2cc(C)nc3ncnn23)CC1)c1ccccc1. The van der Waals surface area contributed by atoms with Crippen molar-refractivity contribution in [2.24, 2.45) is 0 Å². The molecular formula is C20H25N7O. The number of aromatic nitrogens is 4. The first-order valence-corrected chi connectivity index (χ1v) is 9.66. The number of para-hydroxylation sites is 1.